The molecule has 0 aliphatic rings. The van der Waals surface area contributed by atoms with Gasteiger partial charge in [0.2, 0.25) is 0 Å². The van der Waals surface area contributed by atoms with Crippen molar-refractivity contribution in [1.29, 1.82) is 0 Å². The molecule has 0 saturated heterocycles. The van der Waals surface area contributed by atoms with Gasteiger partial charge in [0.25, 0.3) is 0 Å². The van der Waals surface area contributed by atoms with Gasteiger partial charge in [0.1, 0.15) is 17.0 Å². The summed E-state index contributed by atoms with van der Waals surface area (Å²) in [7, 11) is 0. The van der Waals surface area contributed by atoms with Crippen molar-refractivity contribution >= 4 is 28.6 Å². The minimum Gasteiger partial charge on any atom is -0.459 e. The van der Waals surface area contributed by atoms with E-state index in [1.807, 2.05) is 22.6 Å². The molecule has 72 valence electrons. The fraction of sp³-hybridized carbons (Fsp3) is 0.857. The number of carbonyl (C=O) groups excluding carboxylic acids is 1. The molecular formula is C7H13IO4. The molecule has 0 heterocycles. The van der Waals surface area contributed by atoms with Crippen molar-refractivity contribution in [2.24, 2.45) is 0 Å². The third kappa shape index (κ3) is 4.89. The van der Waals surface area contributed by atoms with Crippen molar-refractivity contribution in [2.75, 3.05) is 6.79 Å². The number of rotatable bonds is 5. The topological polar surface area (TPSA) is 55.8 Å². The third-order valence-corrected chi connectivity index (χ3v) is 2.58. The Kier molecular flexibility index (Phi) is 6.68. The maximum Gasteiger partial charge on any atom is 0.305 e. The largest absolute Gasteiger partial charge is 0.459 e. The van der Waals surface area contributed by atoms with Crippen LogP contribution < -0.4 is 0 Å². The normalized spacial score (nSPS) is 15.3. The zero-order chi connectivity index (χ0) is 9.56. The van der Waals surface area contributed by atoms with Crippen molar-refractivity contribution in [3.8, 4) is 0 Å². The molecule has 0 amide bonds. The smallest absolute Gasteiger partial charge is 0.305 e. The van der Waals surface area contributed by atoms with Crippen molar-refractivity contribution < 1.29 is 19.4 Å². The Morgan fingerprint density at radius 2 is 2.25 bits per heavy atom. The lowest BCUT2D eigenvalue weighted by Crippen LogP contribution is -2.26. The van der Waals surface area contributed by atoms with Gasteiger partial charge in [-0.25, -0.2) is 0 Å². The molecule has 0 saturated carbocycles. The van der Waals surface area contributed by atoms with Crippen LogP contribution in [0.25, 0.3) is 0 Å². The number of aliphatic hydroxyl groups excluding tert-OH is 1. The van der Waals surface area contributed by atoms with Crippen LogP contribution in [0.15, 0.2) is 0 Å². The summed E-state index contributed by atoms with van der Waals surface area (Å²) < 4.78 is 9.44. The lowest BCUT2D eigenvalue weighted by molar-refractivity contribution is -0.153. The Morgan fingerprint density at radius 3 is 2.67 bits per heavy atom. The molecule has 2 atom stereocenters. The van der Waals surface area contributed by atoms with Crippen LogP contribution >= 0.6 is 22.6 Å². The van der Waals surface area contributed by atoms with Crippen LogP contribution in [-0.2, 0) is 14.3 Å². The molecule has 0 aliphatic heterocycles. The fourth-order valence-corrected chi connectivity index (χ4v) is 0.858. The van der Waals surface area contributed by atoms with Gasteiger partial charge in [-0.05, 0) is 29.5 Å². The maximum atomic E-state index is 10.8. The molecule has 0 aromatic carbocycles. The highest BCUT2D eigenvalue weighted by Gasteiger charge is 2.17. The van der Waals surface area contributed by atoms with Crippen molar-refractivity contribution in [3.05, 3.63) is 0 Å². The predicted octanol–water partition coefficient (Wildman–Crippen LogP) is 1.06. The maximum absolute atomic E-state index is 10.8. The SMILES string of the molecule is CCC(=O)OC(C)C(I)OCO. The van der Waals surface area contributed by atoms with Crippen molar-refractivity contribution in [3.63, 3.8) is 0 Å². The molecule has 5 heteroatoms. The van der Waals surface area contributed by atoms with Crippen LogP contribution in [-0.4, -0.2) is 28.1 Å². The highest BCUT2D eigenvalue weighted by atomic mass is 127. The van der Waals surface area contributed by atoms with Gasteiger partial charge in [0.15, 0.2) is 0 Å². The van der Waals surface area contributed by atoms with Crippen LogP contribution in [0.1, 0.15) is 20.3 Å². The predicted molar refractivity (Wildman–Crippen MR) is 51.8 cm³/mol. The van der Waals surface area contributed by atoms with Crippen LogP contribution in [0.3, 0.4) is 0 Å². The fourth-order valence-electron chi connectivity index (χ4n) is 0.551. The lowest BCUT2D eigenvalue weighted by atomic mass is 10.4. The molecule has 0 aromatic heterocycles. The molecule has 0 radical (unpaired) electrons. The van der Waals surface area contributed by atoms with E-state index in [1.165, 1.54) is 0 Å². The van der Waals surface area contributed by atoms with E-state index in [-0.39, 0.29) is 23.0 Å². The highest BCUT2D eigenvalue weighted by molar-refractivity contribution is 14.1. The van der Waals surface area contributed by atoms with Gasteiger partial charge in [-0.3, -0.25) is 4.79 Å². The van der Waals surface area contributed by atoms with Crippen LogP contribution in [0.4, 0.5) is 0 Å². The zero-order valence-electron chi connectivity index (χ0n) is 7.12. The molecule has 0 bridgehead atoms. The average molecular weight is 288 g/mol. The number of hydrogen-bond donors (Lipinski definition) is 1. The van der Waals surface area contributed by atoms with Gasteiger partial charge in [-0.15, -0.1) is 0 Å². The summed E-state index contributed by atoms with van der Waals surface area (Å²) >= 11 is 1.96. The van der Waals surface area contributed by atoms with Crippen LogP contribution in [0.5, 0.6) is 0 Å². The van der Waals surface area contributed by atoms with E-state index in [1.54, 1.807) is 13.8 Å². The number of alkyl halides is 1. The Hall–Kier alpha value is 0.120. The minimum absolute atomic E-state index is 0.259. The second-order valence-corrected chi connectivity index (χ2v) is 3.42. The van der Waals surface area contributed by atoms with Gasteiger partial charge in [-0.2, -0.15) is 0 Å². The Labute approximate surface area is 85.4 Å². The minimum atomic E-state index is -0.360. The first kappa shape index (κ1) is 12.1. The molecule has 0 spiro atoms. The first-order chi connectivity index (χ1) is 5.61. The summed E-state index contributed by atoms with van der Waals surface area (Å²) in [6.45, 7) is 3.09. The molecule has 0 aromatic rings. The van der Waals surface area contributed by atoms with E-state index >= 15 is 0 Å². The molecule has 4 nitrogen and oxygen atoms in total. The Morgan fingerprint density at radius 1 is 1.67 bits per heavy atom. The van der Waals surface area contributed by atoms with Crippen molar-refractivity contribution in [2.45, 2.75) is 30.5 Å². The number of esters is 1. The van der Waals surface area contributed by atoms with E-state index in [0.29, 0.717) is 6.42 Å². The summed E-state index contributed by atoms with van der Waals surface area (Å²) in [6.07, 6.45) is 0.0255. The van der Waals surface area contributed by atoms with Crippen LogP contribution in [0, 0.1) is 0 Å². The quantitative estimate of drug-likeness (QED) is 0.356. The molecular weight excluding hydrogens is 275 g/mol. The lowest BCUT2D eigenvalue weighted by Gasteiger charge is -2.17. The number of ether oxygens (including phenoxy) is 2. The van der Waals surface area contributed by atoms with E-state index in [9.17, 15) is 4.79 Å². The summed E-state index contributed by atoms with van der Waals surface area (Å²) in [5, 5.41) is 8.41. The summed E-state index contributed by atoms with van der Waals surface area (Å²) in [5.74, 6) is -0.259. The van der Waals surface area contributed by atoms with Gasteiger partial charge in [0.05, 0.1) is 0 Å². The molecule has 0 rings (SSSR count). The monoisotopic (exact) mass is 288 g/mol. The van der Waals surface area contributed by atoms with Gasteiger partial charge in [0, 0.05) is 6.42 Å². The van der Waals surface area contributed by atoms with Gasteiger partial charge < -0.3 is 14.6 Å². The third-order valence-electron chi connectivity index (χ3n) is 1.21. The highest BCUT2D eigenvalue weighted by Crippen LogP contribution is 2.11. The molecule has 0 fully saturated rings. The Bertz CT molecular complexity index is 139. The second-order valence-electron chi connectivity index (χ2n) is 2.20. The summed E-state index contributed by atoms with van der Waals surface area (Å²) in [4.78, 5) is 10.8. The summed E-state index contributed by atoms with van der Waals surface area (Å²) in [5.41, 5.74) is 0. The first-order valence-corrected chi connectivity index (χ1v) is 4.92. The number of hydrogen-bond acceptors (Lipinski definition) is 4. The van der Waals surface area contributed by atoms with Gasteiger partial charge >= 0.3 is 5.97 Å². The molecule has 2 unspecified atom stereocenters. The van der Waals surface area contributed by atoms with Crippen LogP contribution in [0.2, 0.25) is 0 Å². The average Bonchev–Trinajstić information content (AvgIpc) is 2.04. The molecule has 0 aliphatic carbocycles. The molecule has 12 heavy (non-hydrogen) atoms. The molecule has 1 N–H and O–H groups in total. The summed E-state index contributed by atoms with van der Waals surface area (Å²) in [6, 6.07) is 0. The van der Waals surface area contributed by atoms with E-state index in [4.69, 9.17) is 14.6 Å². The number of aliphatic hydroxyl groups is 1. The van der Waals surface area contributed by atoms with E-state index < -0.39 is 0 Å². The van der Waals surface area contributed by atoms with Crippen molar-refractivity contribution in [1.82, 2.24) is 0 Å². The standard InChI is InChI=1S/C7H13IO4/c1-3-6(10)12-5(2)7(8)11-4-9/h5,7,9H,3-4H2,1-2H3. The van der Waals surface area contributed by atoms with E-state index in [2.05, 4.69) is 0 Å². The van der Waals surface area contributed by atoms with Gasteiger partial charge in [-0.1, -0.05) is 6.92 Å². The first-order valence-electron chi connectivity index (χ1n) is 3.67. The Balaban J connectivity index is 3.69. The van der Waals surface area contributed by atoms with E-state index in [0.717, 1.165) is 0 Å². The number of halogens is 1. The second kappa shape index (κ2) is 6.62. The number of carbonyl (C=O) groups is 1. The zero-order valence-corrected chi connectivity index (χ0v) is 9.28.